The molecule has 3 rings (SSSR count). The first kappa shape index (κ1) is 27.3. The molecule has 3 aromatic rings. The predicted molar refractivity (Wildman–Crippen MR) is 134 cm³/mol. The van der Waals surface area contributed by atoms with Crippen LogP contribution in [0, 0.1) is 5.92 Å². The molecule has 0 bridgehead atoms. The minimum Gasteiger partial charge on any atom is -0.426 e. The monoisotopic (exact) mass is 513 g/mol. The molecule has 12 heteroatoms. The van der Waals surface area contributed by atoms with Gasteiger partial charge in [-0.05, 0) is 30.0 Å². The number of sulfone groups is 1. The third-order valence-corrected chi connectivity index (χ3v) is 6.90. The molecule has 0 saturated carbocycles. The minimum atomic E-state index is -4.57. The van der Waals surface area contributed by atoms with Gasteiger partial charge in [-0.3, -0.25) is 9.78 Å². The van der Waals surface area contributed by atoms with E-state index in [1.165, 1.54) is 18.3 Å². The van der Waals surface area contributed by atoms with Crippen molar-refractivity contribution in [2.24, 2.45) is 5.92 Å². The second-order valence-electron chi connectivity index (χ2n) is 8.70. The molecule has 190 valence electrons. The number of carbonyl (C=O) groups excluding carboxylic acids is 2. The van der Waals surface area contributed by atoms with E-state index in [4.69, 9.17) is 4.84 Å². The number of hydrogen-bond acceptors (Lipinski definition) is 9. The number of fused-ring (bicyclic) bond motifs is 1. The number of para-hydroxylation sites is 1. The van der Waals surface area contributed by atoms with E-state index in [0.29, 0.717) is 10.9 Å². The topological polar surface area (TPSA) is 155 Å². The molecule has 0 unspecified atom stereocenters. The van der Waals surface area contributed by atoms with Gasteiger partial charge >= 0.3 is 18.3 Å². The number of carbonyl (C=O) groups is 2. The summed E-state index contributed by atoms with van der Waals surface area (Å²) >= 11 is 0. The third-order valence-electron chi connectivity index (χ3n) is 5.38. The van der Waals surface area contributed by atoms with Gasteiger partial charge < -0.3 is 20.2 Å². The Morgan fingerprint density at radius 2 is 1.72 bits per heavy atom. The number of nitrogens with zero attached hydrogens (tertiary/aromatic N) is 1. The van der Waals surface area contributed by atoms with Crippen molar-refractivity contribution in [1.29, 1.82) is 0 Å². The van der Waals surface area contributed by atoms with Crippen molar-refractivity contribution in [2.75, 3.05) is 0 Å². The van der Waals surface area contributed by atoms with E-state index in [-0.39, 0.29) is 29.2 Å². The van der Waals surface area contributed by atoms with Crippen LogP contribution in [0.4, 0.5) is 4.79 Å². The number of amides is 1. The molecule has 1 aromatic heterocycles. The summed E-state index contributed by atoms with van der Waals surface area (Å²) in [7, 11) is -6.37. The second kappa shape index (κ2) is 12.1. The maximum Gasteiger partial charge on any atom is 0.473 e. The SMILES string of the molecule is CC(C)C[C@H](NOC(=O)[C@H](Cc1ccccc1)NC(=O)S(=O)(=O)c1cccc2cccnc12)B(O)O. The summed E-state index contributed by atoms with van der Waals surface area (Å²) in [4.78, 5) is 34.7. The van der Waals surface area contributed by atoms with E-state index in [0.717, 1.165) is 0 Å². The number of benzene rings is 2. The largest absolute Gasteiger partial charge is 0.473 e. The van der Waals surface area contributed by atoms with E-state index in [1.54, 1.807) is 48.5 Å². The lowest BCUT2D eigenvalue weighted by Crippen LogP contribution is -2.50. The van der Waals surface area contributed by atoms with Crippen LogP contribution in [0.5, 0.6) is 0 Å². The number of aromatic nitrogens is 1. The molecule has 0 aliphatic carbocycles. The van der Waals surface area contributed by atoms with E-state index in [1.807, 2.05) is 13.8 Å². The summed E-state index contributed by atoms with van der Waals surface area (Å²) in [5.74, 6) is -1.91. The highest BCUT2D eigenvalue weighted by Gasteiger charge is 2.33. The highest BCUT2D eigenvalue weighted by molar-refractivity contribution is 8.06. The van der Waals surface area contributed by atoms with E-state index < -0.39 is 40.1 Å². The van der Waals surface area contributed by atoms with Gasteiger partial charge in [0.1, 0.15) is 10.9 Å². The Labute approximate surface area is 209 Å². The van der Waals surface area contributed by atoms with Crippen molar-refractivity contribution < 1.29 is 32.9 Å². The van der Waals surface area contributed by atoms with Crippen molar-refractivity contribution in [3.63, 3.8) is 0 Å². The second-order valence-corrected chi connectivity index (χ2v) is 10.5. The molecule has 4 N–H and O–H groups in total. The zero-order chi connectivity index (χ0) is 26.3. The van der Waals surface area contributed by atoms with Gasteiger partial charge in [-0.1, -0.05) is 62.4 Å². The van der Waals surface area contributed by atoms with Gasteiger partial charge in [0, 0.05) is 18.0 Å². The smallest absolute Gasteiger partial charge is 0.426 e. The molecule has 0 spiro atoms. The maximum atomic E-state index is 13.1. The Hall–Kier alpha value is -3.32. The van der Waals surface area contributed by atoms with Gasteiger partial charge in [0.2, 0.25) is 0 Å². The van der Waals surface area contributed by atoms with Crippen LogP contribution >= 0.6 is 0 Å². The van der Waals surface area contributed by atoms with Crippen LogP contribution < -0.4 is 10.8 Å². The minimum absolute atomic E-state index is 0.0577. The summed E-state index contributed by atoms with van der Waals surface area (Å²) in [5, 5.41) is 20.5. The molecule has 0 radical (unpaired) electrons. The van der Waals surface area contributed by atoms with Crippen LogP contribution in [-0.2, 0) is 25.9 Å². The normalized spacial score (nSPS) is 13.2. The van der Waals surface area contributed by atoms with Crippen LogP contribution in [0.15, 0.2) is 71.8 Å². The van der Waals surface area contributed by atoms with Crippen LogP contribution in [0.25, 0.3) is 10.9 Å². The van der Waals surface area contributed by atoms with Crippen LogP contribution in [0.3, 0.4) is 0 Å². The fourth-order valence-corrected chi connectivity index (χ4v) is 4.78. The summed E-state index contributed by atoms with van der Waals surface area (Å²) in [6.07, 6.45) is 1.64. The molecule has 1 amide bonds. The van der Waals surface area contributed by atoms with Gasteiger partial charge in [0.25, 0.3) is 9.84 Å². The molecule has 0 aliphatic rings. The number of rotatable bonds is 10. The third kappa shape index (κ3) is 6.88. The number of hydroxylamine groups is 1. The van der Waals surface area contributed by atoms with Crippen molar-refractivity contribution >= 4 is 39.1 Å². The molecule has 1 heterocycles. The van der Waals surface area contributed by atoms with E-state index in [2.05, 4.69) is 15.8 Å². The number of hydrogen-bond donors (Lipinski definition) is 4. The molecule has 36 heavy (non-hydrogen) atoms. The summed E-state index contributed by atoms with van der Waals surface area (Å²) < 4.78 is 26.3. The van der Waals surface area contributed by atoms with Gasteiger partial charge in [0.15, 0.2) is 0 Å². The lowest BCUT2D eigenvalue weighted by atomic mass is 9.76. The van der Waals surface area contributed by atoms with Crippen molar-refractivity contribution in [1.82, 2.24) is 15.8 Å². The Balaban J connectivity index is 1.84. The van der Waals surface area contributed by atoms with Crippen molar-refractivity contribution in [2.45, 2.75) is 43.6 Å². The number of pyridine rings is 1. The Bertz CT molecular complexity index is 1300. The lowest BCUT2D eigenvalue weighted by Gasteiger charge is -2.22. The Morgan fingerprint density at radius 1 is 1.03 bits per heavy atom. The molecule has 2 aromatic carbocycles. The van der Waals surface area contributed by atoms with Gasteiger partial charge in [-0.15, -0.1) is 0 Å². The number of nitrogens with one attached hydrogen (secondary N) is 2. The Morgan fingerprint density at radius 3 is 2.39 bits per heavy atom. The Kier molecular flexibility index (Phi) is 9.16. The summed E-state index contributed by atoms with van der Waals surface area (Å²) in [5.41, 5.74) is 3.10. The average Bonchev–Trinajstić information content (AvgIpc) is 2.85. The van der Waals surface area contributed by atoms with Crippen molar-refractivity contribution in [3.8, 4) is 0 Å². The van der Waals surface area contributed by atoms with Crippen LogP contribution in [0.2, 0.25) is 0 Å². The molecule has 0 saturated heterocycles. The van der Waals surface area contributed by atoms with E-state index in [9.17, 15) is 28.1 Å². The maximum absolute atomic E-state index is 13.1. The fourth-order valence-electron chi connectivity index (χ4n) is 3.60. The first-order chi connectivity index (χ1) is 17.1. The lowest BCUT2D eigenvalue weighted by molar-refractivity contribution is -0.154. The molecular weight excluding hydrogens is 485 g/mol. The average molecular weight is 513 g/mol. The molecule has 0 fully saturated rings. The standard InChI is InChI=1S/C24H28BN3O7S/c1-16(2)14-21(25(31)32)28-35-23(29)19(15-17-8-4-3-5-9-17)27-24(30)36(33,34)20-12-6-10-18-11-7-13-26-22(18)20/h3-13,16,19,21,28,31-32H,14-15H2,1-2H3,(H,27,30)/t19-,21-/m0/s1. The summed E-state index contributed by atoms with van der Waals surface area (Å²) in [6.45, 7) is 3.70. The van der Waals surface area contributed by atoms with Crippen LogP contribution in [-0.4, -0.2) is 53.8 Å². The predicted octanol–water partition coefficient (Wildman–Crippen LogP) is 1.80. The van der Waals surface area contributed by atoms with Gasteiger partial charge in [-0.25, -0.2) is 13.2 Å². The van der Waals surface area contributed by atoms with Gasteiger partial charge in [0.05, 0.1) is 11.5 Å². The fraction of sp³-hybridized carbons (Fsp3) is 0.292. The molecule has 2 atom stereocenters. The van der Waals surface area contributed by atoms with Crippen LogP contribution in [0.1, 0.15) is 25.8 Å². The molecular formula is C24H28BN3O7S. The highest BCUT2D eigenvalue weighted by atomic mass is 32.2. The first-order valence-corrected chi connectivity index (χ1v) is 12.8. The summed E-state index contributed by atoms with van der Waals surface area (Å²) in [6, 6.07) is 15.0. The zero-order valence-corrected chi connectivity index (χ0v) is 20.7. The van der Waals surface area contributed by atoms with E-state index >= 15 is 0 Å². The highest BCUT2D eigenvalue weighted by Crippen LogP contribution is 2.22. The zero-order valence-electron chi connectivity index (χ0n) is 19.9. The van der Waals surface area contributed by atoms with Crippen molar-refractivity contribution in [3.05, 3.63) is 72.4 Å². The molecule has 0 aliphatic heterocycles. The quantitative estimate of drug-likeness (QED) is 0.235. The van der Waals surface area contributed by atoms with Gasteiger partial charge in [-0.2, -0.15) is 5.48 Å². The molecule has 10 nitrogen and oxygen atoms in total. The first-order valence-electron chi connectivity index (χ1n) is 11.3.